The van der Waals surface area contributed by atoms with E-state index < -0.39 is 17.7 Å². The molecule has 2 aromatic heterocycles. The molecule has 8 heteroatoms. The number of benzene rings is 2. The van der Waals surface area contributed by atoms with Crippen molar-refractivity contribution >= 4 is 40.0 Å². The van der Waals surface area contributed by atoms with Crippen LogP contribution in [0.15, 0.2) is 78.8 Å². The van der Waals surface area contributed by atoms with Crippen LogP contribution in [-0.2, 0) is 16.1 Å². The number of halogens is 1. The summed E-state index contributed by atoms with van der Waals surface area (Å²) in [5.41, 5.74) is 2.55. The second kappa shape index (κ2) is 8.68. The smallest absolute Gasteiger partial charge is 0.295 e. The number of nitrogens with zero attached hydrogens (tertiary/aromatic N) is 2. The van der Waals surface area contributed by atoms with Gasteiger partial charge in [0.05, 0.1) is 23.7 Å². The first-order chi connectivity index (χ1) is 16.5. The van der Waals surface area contributed by atoms with Gasteiger partial charge in [-0.25, -0.2) is 0 Å². The third kappa shape index (κ3) is 3.60. The van der Waals surface area contributed by atoms with Crippen LogP contribution in [0, 0.1) is 0 Å². The Morgan fingerprint density at radius 1 is 1.15 bits per heavy atom. The maximum absolute atomic E-state index is 13.3. The van der Waals surface area contributed by atoms with Gasteiger partial charge in [0.1, 0.15) is 11.5 Å². The number of amides is 1. The normalized spacial score (nSPS) is 17.5. The second-order valence-corrected chi connectivity index (χ2v) is 8.33. The lowest BCUT2D eigenvalue weighted by Crippen LogP contribution is -2.29. The molecule has 0 bridgehead atoms. The Kier molecular flexibility index (Phi) is 5.55. The summed E-state index contributed by atoms with van der Waals surface area (Å²) in [4.78, 5) is 35.3. The molecule has 0 spiro atoms. The minimum absolute atomic E-state index is 0.0287. The molecule has 1 fully saturated rings. The molecule has 1 saturated heterocycles. The molecule has 170 valence electrons. The molecule has 0 radical (unpaired) electrons. The summed E-state index contributed by atoms with van der Waals surface area (Å²) in [5.74, 6) is -1.37. The number of hydrogen-bond donors (Lipinski definition) is 2. The first-order valence-corrected chi connectivity index (χ1v) is 10.9. The topological polar surface area (TPSA) is 95.5 Å². The zero-order valence-electron chi connectivity index (χ0n) is 18.2. The third-order valence-corrected chi connectivity index (χ3v) is 6.32. The molecule has 1 aliphatic heterocycles. The SMILES string of the molecule is COc1ccc(Cl)c(/C(O)=C2\C(=O)C(=O)N(Cc3ccncc3)C2c2c[nH]c3ccccc23)c1. The van der Waals surface area contributed by atoms with Crippen molar-refractivity contribution in [2.75, 3.05) is 7.11 Å². The van der Waals surface area contributed by atoms with E-state index in [2.05, 4.69) is 9.97 Å². The van der Waals surface area contributed by atoms with Gasteiger partial charge < -0.3 is 19.7 Å². The van der Waals surface area contributed by atoms with Crippen molar-refractivity contribution in [2.24, 2.45) is 0 Å². The Labute approximate surface area is 200 Å². The van der Waals surface area contributed by atoms with E-state index >= 15 is 0 Å². The highest BCUT2D eigenvalue weighted by Crippen LogP contribution is 2.43. The molecular weight excluding hydrogens is 454 g/mol. The van der Waals surface area contributed by atoms with Crippen molar-refractivity contribution in [1.29, 1.82) is 0 Å². The summed E-state index contributed by atoms with van der Waals surface area (Å²) in [6.07, 6.45) is 5.02. The molecule has 2 aromatic carbocycles. The van der Waals surface area contributed by atoms with Gasteiger partial charge >= 0.3 is 0 Å². The molecule has 1 atom stereocenters. The quantitative estimate of drug-likeness (QED) is 0.245. The number of carbonyl (C=O) groups is 2. The number of methoxy groups -OCH3 is 1. The van der Waals surface area contributed by atoms with Gasteiger partial charge in [0.15, 0.2) is 0 Å². The number of H-pyrrole nitrogens is 1. The number of para-hydroxylation sites is 1. The van der Waals surface area contributed by atoms with Crippen molar-refractivity contribution in [1.82, 2.24) is 14.9 Å². The van der Waals surface area contributed by atoms with Gasteiger partial charge in [-0.1, -0.05) is 29.8 Å². The average molecular weight is 474 g/mol. The summed E-state index contributed by atoms with van der Waals surface area (Å²) in [5, 5.41) is 12.4. The highest BCUT2D eigenvalue weighted by molar-refractivity contribution is 6.47. The number of aliphatic hydroxyl groups is 1. The van der Waals surface area contributed by atoms with Gasteiger partial charge in [0, 0.05) is 47.2 Å². The van der Waals surface area contributed by atoms with Gasteiger partial charge in [-0.15, -0.1) is 0 Å². The first kappa shape index (κ1) is 21.7. The number of ketones is 1. The molecule has 1 aliphatic rings. The highest BCUT2D eigenvalue weighted by atomic mass is 35.5. The summed E-state index contributed by atoms with van der Waals surface area (Å²) < 4.78 is 5.26. The number of aliphatic hydroxyl groups excluding tert-OH is 1. The Hall–Kier alpha value is -4.10. The lowest BCUT2D eigenvalue weighted by molar-refractivity contribution is -0.140. The van der Waals surface area contributed by atoms with Crippen LogP contribution in [0.25, 0.3) is 16.7 Å². The Morgan fingerprint density at radius 3 is 2.68 bits per heavy atom. The zero-order valence-corrected chi connectivity index (χ0v) is 18.9. The molecule has 7 nitrogen and oxygen atoms in total. The van der Waals surface area contributed by atoms with Gasteiger partial charge in [0.2, 0.25) is 0 Å². The molecule has 4 aromatic rings. The predicted octanol–water partition coefficient (Wildman–Crippen LogP) is 4.85. The summed E-state index contributed by atoms with van der Waals surface area (Å²) in [6, 6.07) is 15.1. The number of pyridine rings is 1. The number of aromatic nitrogens is 2. The van der Waals surface area contributed by atoms with Crippen LogP contribution in [0.3, 0.4) is 0 Å². The highest BCUT2D eigenvalue weighted by Gasteiger charge is 2.47. The van der Waals surface area contributed by atoms with E-state index in [-0.39, 0.29) is 28.5 Å². The maximum Gasteiger partial charge on any atom is 0.295 e. The molecular formula is C26H20ClN3O4. The zero-order chi connectivity index (χ0) is 23.8. The van der Waals surface area contributed by atoms with Crippen molar-refractivity contribution in [3.05, 3.63) is 100 Å². The van der Waals surface area contributed by atoms with Crippen LogP contribution in [0.2, 0.25) is 5.02 Å². The van der Waals surface area contributed by atoms with Crippen LogP contribution in [0.1, 0.15) is 22.7 Å². The van der Waals surface area contributed by atoms with Crippen LogP contribution >= 0.6 is 11.6 Å². The molecule has 2 N–H and O–H groups in total. The minimum Gasteiger partial charge on any atom is -0.507 e. The van der Waals surface area contributed by atoms with Gasteiger partial charge in [-0.3, -0.25) is 14.6 Å². The van der Waals surface area contributed by atoms with Crippen LogP contribution in [0.4, 0.5) is 0 Å². The number of rotatable bonds is 5. The van der Waals surface area contributed by atoms with Crippen molar-refractivity contribution < 1.29 is 19.4 Å². The summed E-state index contributed by atoms with van der Waals surface area (Å²) >= 11 is 6.37. The maximum atomic E-state index is 13.3. The Balaban J connectivity index is 1.73. The van der Waals surface area contributed by atoms with E-state index in [1.54, 1.807) is 48.9 Å². The van der Waals surface area contributed by atoms with Gasteiger partial charge in [-0.05, 0) is 42.0 Å². The summed E-state index contributed by atoms with van der Waals surface area (Å²) in [7, 11) is 1.49. The standard InChI is InChI=1S/C26H20ClN3O4/c1-34-16-6-7-20(27)18(12-16)24(31)22-23(19-13-29-21-5-3-2-4-17(19)21)30(26(33)25(22)32)14-15-8-10-28-11-9-15/h2-13,23,29,31H,14H2,1H3/b24-22+. The molecule has 1 amide bonds. The van der Waals surface area contributed by atoms with Gasteiger partial charge in [-0.2, -0.15) is 0 Å². The Bertz CT molecular complexity index is 1440. The van der Waals surface area contributed by atoms with E-state index in [0.717, 1.165) is 16.5 Å². The van der Waals surface area contributed by atoms with E-state index in [1.807, 2.05) is 24.3 Å². The lowest BCUT2D eigenvalue weighted by atomic mass is 9.94. The van der Waals surface area contributed by atoms with Crippen LogP contribution < -0.4 is 4.74 Å². The summed E-state index contributed by atoms with van der Waals surface area (Å²) in [6.45, 7) is 0.167. The minimum atomic E-state index is -0.827. The fraction of sp³-hybridized carbons (Fsp3) is 0.115. The Morgan fingerprint density at radius 2 is 1.91 bits per heavy atom. The molecule has 5 rings (SSSR count). The monoisotopic (exact) mass is 473 g/mol. The number of likely N-dealkylation sites (tertiary alicyclic amines) is 1. The molecule has 0 aliphatic carbocycles. The molecule has 3 heterocycles. The second-order valence-electron chi connectivity index (χ2n) is 7.92. The largest absolute Gasteiger partial charge is 0.507 e. The molecule has 1 unspecified atom stereocenters. The fourth-order valence-corrected chi connectivity index (χ4v) is 4.54. The third-order valence-electron chi connectivity index (χ3n) is 5.99. The van der Waals surface area contributed by atoms with Crippen molar-refractivity contribution in [2.45, 2.75) is 12.6 Å². The van der Waals surface area contributed by atoms with Crippen molar-refractivity contribution in [3.63, 3.8) is 0 Å². The number of hydrogen-bond acceptors (Lipinski definition) is 5. The van der Waals surface area contributed by atoms with Gasteiger partial charge in [0.25, 0.3) is 11.7 Å². The first-order valence-electron chi connectivity index (χ1n) is 10.6. The van der Waals surface area contributed by atoms with Crippen LogP contribution in [-0.4, -0.2) is 38.8 Å². The number of carbonyl (C=O) groups excluding carboxylic acids is 2. The fourth-order valence-electron chi connectivity index (χ4n) is 4.33. The lowest BCUT2D eigenvalue weighted by Gasteiger charge is -2.25. The molecule has 34 heavy (non-hydrogen) atoms. The van der Waals surface area contributed by atoms with E-state index in [4.69, 9.17) is 16.3 Å². The average Bonchev–Trinajstić information content (AvgIpc) is 3.39. The van der Waals surface area contributed by atoms with Crippen molar-refractivity contribution in [3.8, 4) is 5.75 Å². The molecule has 0 saturated carbocycles. The van der Waals surface area contributed by atoms with E-state index in [0.29, 0.717) is 11.3 Å². The number of Topliss-reactive ketones (excluding diaryl/α,β-unsaturated/α-hetero) is 1. The predicted molar refractivity (Wildman–Crippen MR) is 128 cm³/mol. The number of ether oxygens (including phenoxy) is 1. The van der Waals surface area contributed by atoms with E-state index in [9.17, 15) is 14.7 Å². The van der Waals surface area contributed by atoms with Crippen LogP contribution in [0.5, 0.6) is 5.75 Å². The number of nitrogens with one attached hydrogen (secondary N) is 1. The number of fused-ring (bicyclic) bond motifs is 1. The van der Waals surface area contributed by atoms with E-state index in [1.165, 1.54) is 12.0 Å². The number of aromatic amines is 1.